The summed E-state index contributed by atoms with van der Waals surface area (Å²) < 4.78 is 10.1. The molecule has 1 atom stereocenters. The van der Waals surface area contributed by atoms with Crippen LogP contribution < -0.4 is 5.32 Å². The van der Waals surface area contributed by atoms with Gasteiger partial charge in [-0.2, -0.15) is 0 Å². The third-order valence-electron chi connectivity index (χ3n) is 5.06. The first kappa shape index (κ1) is 19.4. The van der Waals surface area contributed by atoms with Gasteiger partial charge >= 0.3 is 5.97 Å². The van der Waals surface area contributed by atoms with E-state index < -0.39 is 12.0 Å². The quantitative estimate of drug-likeness (QED) is 0.611. The third-order valence-corrected chi connectivity index (χ3v) is 5.41. The summed E-state index contributed by atoms with van der Waals surface area (Å²) in [5.41, 5.74) is 2.82. The maximum atomic E-state index is 13.3. The van der Waals surface area contributed by atoms with Gasteiger partial charge in [-0.05, 0) is 37.5 Å². The van der Waals surface area contributed by atoms with Gasteiger partial charge in [0.05, 0.1) is 36.2 Å². The molecule has 0 aliphatic heterocycles. The monoisotopic (exact) mass is 413 g/mol. The predicted octanol–water partition coefficient (Wildman–Crippen LogP) is 4.10. The summed E-state index contributed by atoms with van der Waals surface area (Å²) in [7, 11) is 1.31. The van der Waals surface area contributed by atoms with E-state index in [2.05, 4.69) is 15.5 Å². The normalized spacial score (nSPS) is 14.6. The van der Waals surface area contributed by atoms with Crippen LogP contribution >= 0.6 is 11.6 Å². The molecule has 3 aromatic rings. The SMILES string of the molecule is COC(=O)CC(NC(=O)c1cc(C2CC2)nc2onc(C)c12)c1ccccc1Cl. The van der Waals surface area contributed by atoms with Crippen molar-refractivity contribution in [2.75, 3.05) is 7.11 Å². The summed E-state index contributed by atoms with van der Waals surface area (Å²) in [6.45, 7) is 1.76. The van der Waals surface area contributed by atoms with Crippen LogP contribution in [0.5, 0.6) is 0 Å². The van der Waals surface area contributed by atoms with Crippen LogP contribution in [-0.4, -0.2) is 29.1 Å². The molecule has 29 heavy (non-hydrogen) atoms. The average Bonchev–Trinajstić information content (AvgIpc) is 3.50. The number of ether oxygens (including phenoxy) is 1. The summed E-state index contributed by atoms with van der Waals surface area (Å²) in [6.07, 6.45) is 2.03. The lowest BCUT2D eigenvalue weighted by Crippen LogP contribution is -2.31. The molecule has 1 N–H and O–H groups in total. The van der Waals surface area contributed by atoms with Crippen LogP contribution in [0.3, 0.4) is 0 Å². The molecule has 0 saturated heterocycles. The van der Waals surface area contributed by atoms with Crippen LogP contribution in [0.2, 0.25) is 5.02 Å². The Hall–Kier alpha value is -2.93. The first-order valence-corrected chi connectivity index (χ1v) is 9.74. The van der Waals surface area contributed by atoms with Gasteiger partial charge in [-0.15, -0.1) is 0 Å². The number of nitrogens with one attached hydrogen (secondary N) is 1. The Morgan fingerprint density at radius 1 is 1.34 bits per heavy atom. The maximum Gasteiger partial charge on any atom is 0.307 e. The number of aromatic nitrogens is 2. The zero-order chi connectivity index (χ0) is 20.5. The number of halogens is 1. The van der Waals surface area contributed by atoms with Crippen LogP contribution in [0.4, 0.5) is 0 Å². The minimum absolute atomic E-state index is 0.0434. The van der Waals surface area contributed by atoms with Crippen molar-refractivity contribution in [3.05, 3.63) is 57.9 Å². The number of benzene rings is 1. The fourth-order valence-electron chi connectivity index (χ4n) is 3.36. The van der Waals surface area contributed by atoms with Gasteiger partial charge in [0, 0.05) is 16.6 Å². The van der Waals surface area contributed by atoms with E-state index in [0.717, 1.165) is 18.5 Å². The molecule has 2 aromatic heterocycles. The van der Waals surface area contributed by atoms with Crippen LogP contribution in [0.15, 0.2) is 34.9 Å². The zero-order valence-corrected chi connectivity index (χ0v) is 16.8. The van der Waals surface area contributed by atoms with Crippen molar-refractivity contribution in [2.45, 2.75) is 38.1 Å². The van der Waals surface area contributed by atoms with Crippen molar-refractivity contribution in [3.63, 3.8) is 0 Å². The van der Waals surface area contributed by atoms with Gasteiger partial charge in [0.2, 0.25) is 0 Å². The molecular formula is C21H20ClN3O4. The molecule has 4 rings (SSSR count). The van der Waals surface area contributed by atoms with Crippen LogP contribution in [0.25, 0.3) is 11.1 Å². The Morgan fingerprint density at radius 3 is 2.79 bits per heavy atom. The van der Waals surface area contributed by atoms with Gasteiger partial charge in [0.25, 0.3) is 11.6 Å². The largest absolute Gasteiger partial charge is 0.469 e. The van der Waals surface area contributed by atoms with E-state index >= 15 is 0 Å². The first-order chi connectivity index (χ1) is 14.0. The fraction of sp³-hybridized carbons (Fsp3) is 0.333. The molecule has 150 valence electrons. The first-order valence-electron chi connectivity index (χ1n) is 9.37. The molecule has 1 fully saturated rings. The zero-order valence-electron chi connectivity index (χ0n) is 16.1. The van der Waals surface area contributed by atoms with Crippen molar-refractivity contribution >= 4 is 34.6 Å². The summed E-state index contributed by atoms with van der Waals surface area (Å²) in [4.78, 5) is 29.7. The summed E-state index contributed by atoms with van der Waals surface area (Å²) >= 11 is 6.31. The van der Waals surface area contributed by atoms with Gasteiger partial charge in [-0.1, -0.05) is 35.0 Å². The van der Waals surface area contributed by atoms with Crippen LogP contribution in [-0.2, 0) is 9.53 Å². The molecule has 1 saturated carbocycles. The number of amides is 1. The molecule has 0 spiro atoms. The number of rotatable bonds is 6. The molecule has 0 bridgehead atoms. The molecular weight excluding hydrogens is 394 g/mol. The van der Waals surface area contributed by atoms with Crippen LogP contribution in [0.1, 0.15) is 58.5 Å². The fourth-order valence-corrected chi connectivity index (χ4v) is 3.63. The van der Waals surface area contributed by atoms with Gasteiger partial charge in [-0.3, -0.25) is 9.59 Å². The molecule has 1 amide bonds. The molecule has 7 nitrogen and oxygen atoms in total. The number of esters is 1. The Morgan fingerprint density at radius 2 is 2.10 bits per heavy atom. The molecule has 2 heterocycles. The highest BCUT2D eigenvalue weighted by Gasteiger charge is 2.30. The maximum absolute atomic E-state index is 13.3. The Labute approximate surface area is 172 Å². The van der Waals surface area contributed by atoms with Crippen molar-refractivity contribution < 1.29 is 18.8 Å². The molecule has 8 heteroatoms. The second-order valence-electron chi connectivity index (χ2n) is 7.14. The highest BCUT2D eigenvalue weighted by molar-refractivity contribution is 6.31. The number of hydrogen-bond acceptors (Lipinski definition) is 6. The van der Waals surface area contributed by atoms with Crippen molar-refractivity contribution in [3.8, 4) is 0 Å². The van der Waals surface area contributed by atoms with Gasteiger partial charge < -0.3 is 14.6 Å². The number of hydrogen-bond donors (Lipinski definition) is 1. The van der Waals surface area contributed by atoms with Crippen LogP contribution in [0, 0.1) is 6.92 Å². The van der Waals surface area contributed by atoms with Crippen molar-refractivity contribution in [2.24, 2.45) is 0 Å². The number of methoxy groups -OCH3 is 1. The minimum Gasteiger partial charge on any atom is -0.469 e. The Bertz CT molecular complexity index is 1090. The number of pyridine rings is 1. The van der Waals surface area contributed by atoms with Gasteiger partial charge in [-0.25, -0.2) is 4.98 Å². The van der Waals surface area contributed by atoms with Gasteiger partial charge in [0.15, 0.2) is 0 Å². The van der Waals surface area contributed by atoms with E-state index in [0.29, 0.717) is 38.9 Å². The van der Waals surface area contributed by atoms with Gasteiger partial charge in [0.1, 0.15) is 0 Å². The minimum atomic E-state index is -0.642. The highest BCUT2D eigenvalue weighted by Crippen LogP contribution is 2.40. The lowest BCUT2D eigenvalue weighted by atomic mass is 10.0. The topological polar surface area (TPSA) is 94.3 Å². The van der Waals surface area contributed by atoms with E-state index in [-0.39, 0.29) is 12.3 Å². The van der Waals surface area contributed by atoms with E-state index in [1.54, 1.807) is 37.3 Å². The van der Waals surface area contributed by atoms with E-state index in [4.69, 9.17) is 20.9 Å². The third kappa shape index (κ3) is 3.96. The van der Waals surface area contributed by atoms with E-state index in [1.807, 2.05) is 0 Å². The van der Waals surface area contributed by atoms with Crippen molar-refractivity contribution in [1.82, 2.24) is 15.5 Å². The molecule has 1 aromatic carbocycles. The molecule has 0 radical (unpaired) electrons. The summed E-state index contributed by atoms with van der Waals surface area (Å²) in [5, 5.41) is 7.92. The standard InChI is InChI=1S/C21H20ClN3O4/c1-11-19-14(9-16(12-7-8-12)24-21(19)29-25-11)20(27)23-17(10-18(26)28-2)13-5-3-4-6-15(13)22/h3-6,9,12,17H,7-8,10H2,1-2H3,(H,23,27). The van der Waals surface area contributed by atoms with E-state index in [9.17, 15) is 9.59 Å². The predicted molar refractivity (Wildman–Crippen MR) is 107 cm³/mol. The summed E-state index contributed by atoms with van der Waals surface area (Å²) in [6, 6.07) is 8.24. The second-order valence-corrected chi connectivity index (χ2v) is 7.55. The Balaban J connectivity index is 1.71. The highest BCUT2D eigenvalue weighted by atomic mass is 35.5. The van der Waals surface area contributed by atoms with Crippen molar-refractivity contribution in [1.29, 1.82) is 0 Å². The number of fused-ring (bicyclic) bond motifs is 1. The number of aryl methyl sites for hydroxylation is 1. The summed E-state index contributed by atoms with van der Waals surface area (Å²) in [5.74, 6) is -0.458. The smallest absolute Gasteiger partial charge is 0.307 e. The number of carbonyl (C=O) groups excluding carboxylic acids is 2. The Kier molecular flexibility index (Phi) is 5.24. The second kappa shape index (κ2) is 7.83. The number of carbonyl (C=O) groups is 2. The lowest BCUT2D eigenvalue weighted by Gasteiger charge is -2.20. The molecule has 1 unspecified atom stereocenters. The number of nitrogens with zero attached hydrogens (tertiary/aromatic N) is 2. The average molecular weight is 414 g/mol. The molecule has 1 aliphatic carbocycles. The van der Waals surface area contributed by atoms with E-state index in [1.165, 1.54) is 7.11 Å². The lowest BCUT2D eigenvalue weighted by molar-refractivity contribution is -0.141. The molecule has 1 aliphatic rings.